The van der Waals surface area contributed by atoms with Crippen LogP contribution in [-0.2, 0) is 0 Å². The Hall–Kier alpha value is -3.32. The summed E-state index contributed by atoms with van der Waals surface area (Å²) in [5, 5.41) is 17.0. The number of nitrogens with zero attached hydrogens (tertiary/aromatic N) is 3. The summed E-state index contributed by atoms with van der Waals surface area (Å²) in [6.07, 6.45) is 0. The fraction of sp³-hybridized carbons (Fsp3) is 0.304. The lowest BCUT2D eigenvalue weighted by atomic mass is 10.00. The number of imidazole rings is 1. The van der Waals surface area contributed by atoms with E-state index in [-0.39, 0.29) is 18.7 Å². The van der Waals surface area contributed by atoms with Gasteiger partial charge < -0.3 is 19.7 Å². The van der Waals surface area contributed by atoms with Crippen LogP contribution >= 0.6 is 0 Å². The molecule has 1 aliphatic heterocycles. The van der Waals surface area contributed by atoms with Crippen molar-refractivity contribution in [2.24, 2.45) is 0 Å². The second kappa shape index (κ2) is 7.18. The molecule has 0 amide bonds. The van der Waals surface area contributed by atoms with Gasteiger partial charge in [0, 0.05) is 11.6 Å². The van der Waals surface area contributed by atoms with E-state index in [0.717, 1.165) is 50.9 Å². The highest BCUT2D eigenvalue weighted by atomic mass is 16.5. The molecule has 0 aliphatic carbocycles. The third-order valence-corrected chi connectivity index (χ3v) is 5.64. The Morgan fingerprint density at radius 1 is 1.20 bits per heavy atom. The van der Waals surface area contributed by atoms with E-state index >= 15 is 0 Å². The van der Waals surface area contributed by atoms with E-state index in [4.69, 9.17) is 14.2 Å². The maximum atomic E-state index is 9.57. The molecule has 2 aromatic heterocycles. The monoisotopic (exact) mass is 404 g/mol. The van der Waals surface area contributed by atoms with Gasteiger partial charge >= 0.3 is 0 Å². The van der Waals surface area contributed by atoms with Crippen LogP contribution in [0.1, 0.15) is 30.0 Å². The number of ether oxygens (including phenoxy) is 1. The third-order valence-electron chi connectivity index (χ3n) is 5.64. The summed E-state index contributed by atoms with van der Waals surface area (Å²) in [6.45, 7) is 6.28. The Bertz CT molecular complexity index is 1190. The molecular weight excluding hydrogens is 380 g/mol. The van der Waals surface area contributed by atoms with E-state index in [1.807, 2.05) is 51.1 Å². The quantitative estimate of drug-likeness (QED) is 0.521. The van der Waals surface area contributed by atoms with E-state index in [2.05, 4.69) is 27.2 Å². The fourth-order valence-electron chi connectivity index (χ4n) is 4.20. The van der Waals surface area contributed by atoms with E-state index in [0.29, 0.717) is 6.61 Å². The molecule has 7 nitrogen and oxygen atoms in total. The van der Waals surface area contributed by atoms with Crippen molar-refractivity contribution in [2.75, 3.05) is 18.5 Å². The van der Waals surface area contributed by atoms with Crippen molar-refractivity contribution in [2.45, 2.75) is 32.9 Å². The Kier molecular flexibility index (Phi) is 4.47. The highest BCUT2D eigenvalue weighted by molar-refractivity contribution is 5.94. The van der Waals surface area contributed by atoms with Gasteiger partial charge in [-0.15, -0.1) is 0 Å². The molecule has 5 rings (SSSR count). The molecule has 0 spiro atoms. The topological polar surface area (TPSA) is 85.3 Å². The van der Waals surface area contributed by atoms with Gasteiger partial charge in [-0.2, -0.15) is 0 Å². The largest absolute Gasteiger partial charge is 0.488 e. The summed E-state index contributed by atoms with van der Waals surface area (Å²) in [6, 6.07) is 14.1. The summed E-state index contributed by atoms with van der Waals surface area (Å²) >= 11 is 0. The molecule has 0 saturated heterocycles. The van der Waals surface area contributed by atoms with Gasteiger partial charge in [-0.3, -0.25) is 4.57 Å². The molecule has 2 aromatic carbocycles. The van der Waals surface area contributed by atoms with Crippen LogP contribution in [0.2, 0.25) is 0 Å². The number of hydrogen-bond acceptors (Lipinski definition) is 6. The Labute approximate surface area is 174 Å². The van der Waals surface area contributed by atoms with Crippen LogP contribution in [0.25, 0.3) is 22.2 Å². The van der Waals surface area contributed by atoms with E-state index in [1.165, 1.54) is 0 Å². The normalized spacial score (nSPS) is 16.5. The number of aliphatic hydroxyl groups excluding tert-OH is 1. The number of nitrogens with one attached hydrogen (secondary N) is 1. The summed E-state index contributed by atoms with van der Waals surface area (Å²) in [5.74, 6) is 2.27. The SMILES string of the molecule is Cc1noc(C)c1-c1ccc2nc(NC(C)CO)n3c2c1OC[C@@H]3c1ccccc1. The Balaban J connectivity index is 1.77. The van der Waals surface area contributed by atoms with Gasteiger partial charge in [0.1, 0.15) is 17.9 Å². The van der Waals surface area contributed by atoms with Crippen molar-refractivity contribution < 1.29 is 14.4 Å². The number of benzene rings is 2. The average molecular weight is 404 g/mol. The predicted octanol–water partition coefficient (Wildman–Crippen LogP) is 4.08. The van der Waals surface area contributed by atoms with Crippen molar-refractivity contribution >= 4 is 17.0 Å². The zero-order chi connectivity index (χ0) is 20.8. The fourth-order valence-corrected chi connectivity index (χ4v) is 4.20. The molecule has 4 aromatic rings. The molecule has 0 saturated carbocycles. The highest BCUT2D eigenvalue weighted by Gasteiger charge is 2.31. The predicted molar refractivity (Wildman–Crippen MR) is 115 cm³/mol. The van der Waals surface area contributed by atoms with Crippen LogP contribution in [0.4, 0.5) is 5.95 Å². The van der Waals surface area contributed by atoms with Crippen LogP contribution in [-0.4, -0.2) is 39.1 Å². The van der Waals surface area contributed by atoms with Gasteiger partial charge in [-0.05, 0) is 38.5 Å². The van der Waals surface area contributed by atoms with Crippen molar-refractivity contribution in [3.05, 3.63) is 59.5 Å². The smallest absolute Gasteiger partial charge is 0.204 e. The molecule has 2 atom stereocenters. The van der Waals surface area contributed by atoms with Gasteiger partial charge in [0.2, 0.25) is 5.95 Å². The number of aliphatic hydroxyl groups is 1. The van der Waals surface area contributed by atoms with Crippen LogP contribution in [0.15, 0.2) is 47.0 Å². The molecule has 154 valence electrons. The van der Waals surface area contributed by atoms with E-state index in [9.17, 15) is 5.11 Å². The lowest BCUT2D eigenvalue weighted by Crippen LogP contribution is -2.28. The summed E-state index contributed by atoms with van der Waals surface area (Å²) in [7, 11) is 0. The van der Waals surface area contributed by atoms with Gasteiger partial charge in [0.05, 0.1) is 29.4 Å². The second-order valence-electron chi connectivity index (χ2n) is 7.78. The van der Waals surface area contributed by atoms with E-state index in [1.54, 1.807) is 0 Å². The number of aromatic nitrogens is 3. The van der Waals surface area contributed by atoms with Gasteiger partial charge in [-0.25, -0.2) is 4.98 Å². The Morgan fingerprint density at radius 2 is 2.00 bits per heavy atom. The minimum absolute atomic E-state index is 0.0207. The molecule has 30 heavy (non-hydrogen) atoms. The molecule has 2 N–H and O–H groups in total. The van der Waals surface area contributed by atoms with Crippen molar-refractivity contribution in [3.8, 4) is 16.9 Å². The molecule has 1 unspecified atom stereocenters. The first kappa shape index (κ1) is 18.7. The maximum Gasteiger partial charge on any atom is 0.204 e. The van der Waals surface area contributed by atoms with Crippen LogP contribution < -0.4 is 10.1 Å². The first-order chi connectivity index (χ1) is 14.6. The third kappa shape index (κ3) is 2.85. The molecule has 1 aliphatic rings. The second-order valence-corrected chi connectivity index (χ2v) is 7.78. The zero-order valence-corrected chi connectivity index (χ0v) is 17.2. The van der Waals surface area contributed by atoms with E-state index < -0.39 is 0 Å². The Morgan fingerprint density at radius 3 is 2.70 bits per heavy atom. The van der Waals surface area contributed by atoms with Crippen molar-refractivity contribution in [1.82, 2.24) is 14.7 Å². The maximum absolute atomic E-state index is 9.57. The van der Waals surface area contributed by atoms with Crippen LogP contribution in [0.5, 0.6) is 5.75 Å². The molecule has 3 heterocycles. The molecule has 0 fully saturated rings. The average Bonchev–Trinajstić information content (AvgIpc) is 3.30. The first-order valence-corrected chi connectivity index (χ1v) is 10.1. The molecule has 0 bridgehead atoms. The van der Waals surface area contributed by atoms with Crippen LogP contribution in [0.3, 0.4) is 0 Å². The van der Waals surface area contributed by atoms with Gasteiger partial charge in [0.25, 0.3) is 0 Å². The standard InChI is InChI=1S/C23H24N4O3/c1-13(11-28)24-23-25-18-10-9-17(20-14(2)26-30-15(20)3)22-21(18)27(23)19(12-29-22)16-7-5-4-6-8-16/h4-10,13,19,28H,11-12H2,1-3H3,(H,24,25)/t13?,19-/m1/s1. The summed E-state index contributed by atoms with van der Waals surface area (Å²) in [4.78, 5) is 4.84. The summed E-state index contributed by atoms with van der Waals surface area (Å²) in [5.41, 5.74) is 5.65. The number of anilines is 1. The lowest BCUT2D eigenvalue weighted by Gasteiger charge is -2.29. The molecule has 0 radical (unpaired) electrons. The molecular formula is C23H24N4O3. The van der Waals surface area contributed by atoms with Crippen LogP contribution in [0, 0.1) is 13.8 Å². The first-order valence-electron chi connectivity index (χ1n) is 10.1. The zero-order valence-electron chi connectivity index (χ0n) is 17.2. The van der Waals surface area contributed by atoms with Crippen molar-refractivity contribution in [3.63, 3.8) is 0 Å². The lowest BCUT2D eigenvalue weighted by molar-refractivity contribution is 0.259. The summed E-state index contributed by atoms with van der Waals surface area (Å²) < 4.78 is 14.0. The number of rotatable bonds is 5. The number of hydrogen-bond donors (Lipinski definition) is 2. The minimum Gasteiger partial charge on any atom is -0.488 e. The van der Waals surface area contributed by atoms with Gasteiger partial charge in [0.15, 0.2) is 5.75 Å². The minimum atomic E-state index is -0.122. The number of aryl methyl sites for hydroxylation is 2. The van der Waals surface area contributed by atoms with Crippen molar-refractivity contribution in [1.29, 1.82) is 0 Å². The molecule has 7 heteroatoms. The highest BCUT2D eigenvalue weighted by Crippen LogP contribution is 2.45. The van der Waals surface area contributed by atoms with Gasteiger partial charge in [-0.1, -0.05) is 35.5 Å².